The number of rotatable bonds is 5. The number of aryl methyl sites for hydroxylation is 2. The molecule has 0 unspecified atom stereocenters. The summed E-state index contributed by atoms with van der Waals surface area (Å²) in [5, 5.41) is 0. The molecule has 1 aromatic carbocycles. The van der Waals surface area contributed by atoms with E-state index in [2.05, 4.69) is 20.9 Å². The highest BCUT2D eigenvalue weighted by Crippen LogP contribution is 2.22. The maximum absolute atomic E-state index is 12.8. The number of oxazole rings is 1. The number of aromatic nitrogens is 2. The molecule has 0 atom stereocenters. The van der Waals surface area contributed by atoms with Crippen molar-refractivity contribution in [3.8, 4) is 11.5 Å². The minimum Gasteiger partial charge on any atom is -0.441 e. The van der Waals surface area contributed by atoms with Gasteiger partial charge >= 0.3 is 0 Å². The van der Waals surface area contributed by atoms with Crippen LogP contribution in [0.2, 0.25) is 0 Å². The van der Waals surface area contributed by atoms with Crippen LogP contribution in [-0.2, 0) is 17.8 Å². The van der Waals surface area contributed by atoms with Crippen LogP contribution in [0.1, 0.15) is 22.8 Å². The van der Waals surface area contributed by atoms with Gasteiger partial charge in [0.2, 0.25) is 11.8 Å². The molecular weight excluding hydrogens is 364 g/mol. The second-order valence-corrected chi connectivity index (χ2v) is 7.49. The molecule has 0 N–H and O–H groups in total. The van der Waals surface area contributed by atoms with Gasteiger partial charge in [-0.2, -0.15) is 0 Å². The van der Waals surface area contributed by atoms with Crippen LogP contribution in [-0.4, -0.2) is 51.9 Å². The van der Waals surface area contributed by atoms with E-state index in [4.69, 9.17) is 4.42 Å². The molecule has 0 radical (unpaired) electrons. The molecule has 0 spiro atoms. The summed E-state index contributed by atoms with van der Waals surface area (Å²) in [7, 11) is 0. The van der Waals surface area contributed by atoms with Gasteiger partial charge in [-0.05, 0) is 38.1 Å². The average molecular weight is 390 g/mol. The number of pyridine rings is 1. The quantitative estimate of drug-likeness (QED) is 0.669. The number of hydrogen-bond acceptors (Lipinski definition) is 5. The standard InChI is InChI=1S/C23H26N4O2/c1-17-7-6-10-20(24-17)16-26-11-13-27(14-12-26)22(28)15-21-18(2)29-23(25-21)19-8-4-3-5-9-19/h3-10H,11-16H2,1-2H3. The van der Waals surface area contributed by atoms with Crippen molar-refractivity contribution in [2.75, 3.05) is 26.2 Å². The van der Waals surface area contributed by atoms with Gasteiger partial charge in [0.15, 0.2) is 0 Å². The van der Waals surface area contributed by atoms with Gasteiger partial charge in [-0.1, -0.05) is 24.3 Å². The van der Waals surface area contributed by atoms with Gasteiger partial charge < -0.3 is 9.32 Å². The van der Waals surface area contributed by atoms with E-state index >= 15 is 0 Å². The molecular formula is C23H26N4O2. The normalized spacial score (nSPS) is 14.9. The fraction of sp³-hybridized carbons (Fsp3) is 0.348. The second-order valence-electron chi connectivity index (χ2n) is 7.49. The summed E-state index contributed by atoms with van der Waals surface area (Å²) in [4.78, 5) is 26.2. The van der Waals surface area contributed by atoms with E-state index in [1.165, 1.54) is 0 Å². The first-order chi connectivity index (χ1) is 14.1. The number of hydrogen-bond donors (Lipinski definition) is 0. The first kappa shape index (κ1) is 19.3. The van der Waals surface area contributed by atoms with Crippen LogP contribution < -0.4 is 0 Å². The van der Waals surface area contributed by atoms with E-state index < -0.39 is 0 Å². The molecule has 0 bridgehead atoms. The maximum Gasteiger partial charge on any atom is 0.228 e. The molecule has 0 aliphatic carbocycles. The van der Waals surface area contributed by atoms with E-state index in [0.29, 0.717) is 11.7 Å². The van der Waals surface area contributed by atoms with Gasteiger partial charge in [-0.25, -0.2) is 4.98 Å². The molecule has 1 aliphatic rings. The number of amides is 1. The molecule has 1 amide bonds. The fourth-order valence-corrected chi connectivity index (χ4v) is 3.62. The third-order valence-electron chi connectivity index (χ3n) is 5.29. The summed E-state index contributed by atoms with van der Waals surface area (Å²) in [5.41, 5.74) is 3.76. The Morgan fingerprint density at radius 3 is 2.45 bits per heavy atom. The minimum atomic E-state index is 0.106. The highest BCUT2D eigenvalue weighted by atomic mass is 16.4. The van der Waals surface area contributed by atoms with Crippen LogP contribution in [0.15, 0.2) is 52.9 Å². The minimum absolute atomic E-state index is 0.106. The predicted molar refractivity (Wildman–Crippen MR) is 111 cm³/mol. The lowest BCUT2D eigenvalue weighted by Crippen LogP contribution is -2.48. The lowest BCUT2D eigenvalue weighted by molar-refractivity contribution is -0.132. The van der Waals surface area contributed by atoms with Gasteiger partial charge in [-0.3, -0.25) is 14.7 Å². The zero-order chi connectivity index (χ0) is 20.2. The van der Waals surface area contributed by atoms with Crippen LogP contribution in [0.25, 0.3) is 11.5 Å². The van der Waals surface area contributed by atoms with Crippen LogP contribution in [0.3, 0.4) is 0 Å². The lowest BCUT2D eigenvalue weighted by atomic mass is 10.2. The summed E-state index contributed by atoms with van der Waals surface area (Å²) in [6.45, 7) is 7.87. The van der Waals surface area contributed by atoms with Crippen molar-refractivity contribution in [2.24, 2.45) is 0 Å². The molecule has 3 heterocycles. The third-order valence-corrected chi connectivity index (χ3v) is 5.29. The zero-order valence-electron chi connectivity index (χ0n) is 17.0. The molecule has 29 heavy (non-hydrogen) atoms. The van der Waals surface area contributed by atoms with E-state index in [-0.39, 0.29) is 12.3 Å². The number of carbonyl (C=O) groups is 1. The Morgan fingerprint density at radius 1 is 0.966 bits per heavy atom. The van der Waals surface area contributed by atoms with Crippen molar-refractivity contribution in [1.29, 1.82) is 0 Å². The Kier molecular flexibility index (Phi) is 5.71. The number of carbonyl (C=O) groups excluding carboxylic acids is 1. The maximum atomic E-state index is 12.8. The molecule has 6 heteroatoms. The fourth-order valence-electron chi connectivity index (χ4n) is 3.62. The Balaban J connectivity index is 1.33. The Morgan fingerprint density at radius 2 is 1.72 bits per heavy atom. The predicted octanol–water partition coefficient (Wildman–Crippen LogP) is 3.24. The summed E-state index contributed by atoms with van der Waals surface area (Å²) in [6, 6.07) is 15.9. The molecule has 1 fully saturated rings. The lowest BCUT2D eigenvalue weighted by Gasteiger charge is -2.34. The monoisotopic (exact) mass is 390 g/mol. The van der Waals surface area contributed by atoms with Gasteiger partial charge in [0.1, 0.15) is 5.76 Å². The highest BCUT2D eigenvalue weighted by Gasteiger charge is 2.23. The number of nitrogens with zero attached hydrogens (tertiary/aromatic N) is 4. The van der Waals surface area contributed by atoms with Gasteiger partial charge in [0, 0.05) is 44.0 Å². The topological polar surface area (TPSA) is 62.5 Å². The van der Waals surface area contributed by atoms with Crippen molar-refractivity contribution in [3.05, 3.63) is 71.4 Å². The molecule has 4 rings (SSSR count). The van der Waals surface area contributed by atoms with E-state index in [1.807, 2.05) is 61.2 Å². The first-order valence-electron chi connectivity index (χ1n) is 10.0. The highest BCUT2D eigenvalue weighted by molar-refractivity contribution is 5.78. The van der Waals surface area contributed by atoms with Crippen molar-refractivity contribution < 1.29 is 9.21 Å². The van der Waals surface area contributed by atoms with Crippen molar-refractivity contribution >= 4 is 5.91 Å². The first-order valence-corrected chi connectivity index (χ1v) is 10.0. The van der Waals surface area contributed by atoms with E-state index in [1.54, 1.807) is 0 Å². The Labute approximate surface area is 171 Å². The number of benzene rings is 1. The molecule has 3 aromatic rings. The van der Waals surface area contributed by atoms with Crippen molar-refractivity contribution in [2.45, 2.75) is 26.8 Å². The second kappa shape index (κ2) is 8.57. The van der Waals surface area contributed by atoms with Gasteiger partial charge in [0.05, 0.1) is 17.8 Å². The molecule has 1 saturated heterocycles. The molecule has 6 nitrogen and oxygen atoms in total. The number of piperazine rings is 1. The molecule has 0 saturated carbocycles. The Bertz CT molecular complexity index is 976. The zero-order valence-corrected chi connectivity index (χ0v) is 17.0. The Hall–Kier alpha value is -2.99. The average Bonchev–Trinajstić information content (AvgIpc) is 3.09. The third kappa shape index (κ3) is 4.71. The molecule has 2 aromatic heterocycles. The van der Waals surface area contributed by atoms with Crippen LogP contribution in [0.5, 0.6) is 0 Å². The van der Waals surface area contributed by atoms with Crippen LogP contribution >= 0.6 is 0 Å². The SMILES string of the molecule is Cc1cccc(CN2CCN(C(=O)Cc3nc(-c4ccccc4)oc3C)CC2)n1. The summed E-state index contributed by atoms with van der Waals surface area (Å²) in [6.07, 6.45) is 0.279. The van der Waals surface area contributed by atoms with Crippen LogP contribution in [0, 0.1) is 13.8 Å². The summed E-state index contributed by atoms with van der Waals surface area (Å²) < 4.78 is 5.78. The molecule has 1 aliphatic heterocycles. The summed E-state index contributed by atoms with van der Waals surface area (Å²) in [5.74, 6) is 1.39. The van der Waals surface area contributed by atoms with Crippen molar-refractivity contribution in [1.82, 2.24) is 19.8 Å². The summed E-state index contributed by atoms with van der Waals surface area (Å²) >= 11 is 0. The van der Waals surface area contributed by atoms with E-state index in [0.717, 1.165) is 55.4 Å². The molecule has 150 valence electrons. The van der Waals surface area contributed by atoms with Gasteiger partial charge in [-0.15, -0.1) is 0 Å². The smallest absolute Gasteiger partial charge is 0.228 e. The van der Waals surface area contributed by atoms with E-state index in [9.17, 15) is 4.79 Å². The van der Waals surface area contributed by atoms with Crippen molar-refractivity contribution in [3.63, 3.8) is 0 Å². The van der Waals surface area contributed by atoms with Gasteiger partial charge in [0.25, 0.3) is 0 Å². The largest absolute Gasteiger partial charge is 0.441 e. The van der Waals surface area contributed by atoms with Crippen LogP contribution in [0.4, 0.5) is 0 Å².